The monoisotopic (exact) mass is 252 g/mol. The van der Waals surface area contributed by atoms with Gasteiger partial charge in [-0.1, -0.05) is 27.7 Å². The molecule has 0 aromatic heterocycles. The standard InChI is InChI=1S/C15H28N2O/c1-14(2)12(15(14,3)4)13(18)17-8-6-11(7-9-17)10-16-5/h11-12,16H,6-10H2,1-5H3. The van der Waals surface area contributed by atoms with E-state index in [1.54, 1.807) is 0 Å². The maximum absolute atomic E-state index is 12.6. The van der Waals surface area contributed by atoms with Gasteiger partial charge in [-0.25, -0.2) is 0 Å². The smallest absolute Gasteiger partial charge is 0.226 e. The normalized spacial score (nSPS) is 27.3. The molecule has 1 aliphatic heterocycles. The van der Waals surface area contributed by atoms with Crippen molar-refractivity contribution in [3.8, 4) is 0 Å². The summed E-state index contributed by atoms with van der Waals surface area (Å²) in [6, 6.07) is 0. The summed E-state index contributed by atoms with van der Waals surface area (Å²) in [6.07, 6.45) is 2.31. The molecular formula is C15H28N2O. The number of amides is 1. The molecule has 2 aliphatic rings. The quantitative estimate of drug-likeness (QED) is 0.834. The average molecular weight is 252 g/mol. The predicted octanol–water partition coefficient (Wildman–Crippen LogP) is 2.13. The molecule has 1 amide bonds. The fourth-order valence-electron chi connectivity index (χ4n) is 3.64. The zero-order valence-corrected chi connectivity index (χ0v) is 12.5. The molecule has 1 saturated carbocycles. The summed E-state index contributed by atoms with van der Waals surface area (Å²) in [5.41, 5.74) is 0.345. The van der Waals surface area contributed by atoms with Gasteiger partial charge in [0.15, 0.2) is 0 Å². The fraction of sp³-hybridized carbons (Fsp3) is 0.933. The van der Waals surface area contributed by atoms with Gasteiger partial charge in [-0.05, 0) is 43.2 Å². The van der Waals surface area contributed by atoms with E-state index >= 15 is 0 Å². The van der Waals surface area contributed by atoms with E-state index in [1.165, 1.54) is 0 Å². The van der Waals surface area contributed by atoms with Crippen molar-refractivity contribution < 1.29 is 4.79 Å². The lowest BCUT2D eigenvalue weighted by Crippen LogP contribution is -2.42. The molecule has 1 saturated heterocycles. The number of hydrogen-bond acceptors (Lipinski definition) is 2. The lowest BCUT2D eigenvalue weighted by Gasteiger charge is -2.32. The van der Waals surface area contributed by atoms with Crippen LogP contribution < -0.4 is 5.32 Å². The Morgan fingerprint density at radius 2 is 1.67 bits per heavy atom. The Balaban J connectivity index is 1.90. The summed E-state index contributed by atoms with van der Waals surface area (Å²) in [6.45, 7) is 11.9. The van der Waals surface area contributed by atoms with Crippen molar-refractivity contribution in [1.82, 2.24) is 10.2 Å². The minimum Gasteiger partial charge on any atom is -0.342 e. The molecule has 0 aromatic carbocycles. The summed E-state index contributed by atoms with van der Waals surface area (Å²) >= 11 is 0. The van der Waals surface area contributed by atoms with Gasteiger partial charge < -0.3 is 10.2 Å². The molecule has 3 nitrogen and oxygen atoms in total. The van der Waals surface area contributed by atoms with Crippen LogP contribution in [0.2, 0.25) is 0 Å². The van der Waals surface area contributed by atoms with Gasteiger partial charge >= 0.3 is 0 Å². The van der Waals surface area contributed by atoms with E-state index in [9.17, 15) is 4.79 Å². The van der Waals surface area contributed by atoms with Gasteiger partial charge in [0.1, 0.15) is 0 Å². The Morgan fingerprint density at radius 1 is 1.17 bits per heavy atom. The Labute approximate surface area is 111 Å². The van der Waals surface area contributed by atoms with Crippen molar-refractivity contribution >= 4 is 5.91 Å². The van der Waals surface area contributed by atoms with Crippen LogP contribution in [0.5, 0.6) is 0 Å². The average Bonchev–Trinajstić information content (AvgIpc) is 2.70. The number of rotatable bonds is 3. The summed E-state index contributed by atoms with van der Waals surface area (Å²) in [4.78, 5) is 14.7. The van der Waals surface area contributed by atoms with Crippen molar-refractivity contribution in [2.45, 2.75) is 40.5 Å². The van der Waals surface area contributed by atoms with E-state index in [2.05, 4.69) is 37.9 Å². The first kappa shape index (κ1) is 13.9. The second kappa shape index (κ2) is 4.52. The highest BCUT2D eigenvalue weighted by Gasteiger charge is 2.68. The van der Waals surface area contributed by atoms with E-state index in [4.69, 9.17) is 0 Å². The van der Waals surface area contributed by atoms with Gasteiger partial charge in [0.2, 0.25) is 5.91 Å². The van der Waals surface area contributed by atoms with Gasteiger partial charge in [0.25, 0.3) is 0 Å². The number of piperidine rings is 1. The van der Waals surface area contributed by atoms with Gasteiger partial charge in [0, 0.05) is 19.0 Å². The molecule has 0 atom stereocenters. The number of hydrogen-bond donors (Lipinski definition) is 1. The third-order valence-corrected chi connectivity index (χ3v) is 5.69. The number of carbonyl (C=O) groups excluding carboxylic acids is 1. The van der Waals surface area contributed by atoms with Crippen LogP contribution in [0.1, 0.15) is 40.5 Å². The molecule has 0 aromatic rings. The van der Waals surface area contributed by atoms with E-state index in [-0.39, 0.29) is 16.7 Å². The topological polar surface area (TPSA) is 32.3 Å². The molecular weight excluding hydrogens is 224 g/mol. The molecule has 1 heterocycles. The van der Waals surface area contributed by atoms with Crippen molar-refractivity contribution in [2.75, 3.05) is 26.7 Å². The van der Waals surface area contributed by atoms with Crippen LogP contribution in [-0.2, 0) is 4.79 Å². The highest BCUT2D eigenvalue weighted by atomic mass is 16.2. The first-order chi connectivity index (χ1) is 8.32. The van der Waals surface area contributed by atoms with Crippen molar-refractivity contribution in [3.05, 3.63) is 0 Å². The van der Waals surface area contributed by atoms with Crippen molar-refractivity contribution in [1.29, 1.82) is 0 Å². The zero-order chi connectivity index (χ0) is 13.6. The zero-order valence-electron chi connectivity index (χ0n) is 12.5. The molecule has 104 valence electrons. The predicted molar refractivity (Wildman–Crippen MR) is 74.3 cm³/mol. The molecule has 2 fully saturated rings. The lowest BCUT2D eigenvalue weighted by atomic mass is 9.96. The largest absolute Gasteiger partial charge is 0.342 e. The fourth-order valence-corrected chi connectivity index (χ4v) is 3.64. The van der Waals surface area contributed by atoms with Crippen LogP contribution in [-0.4, -0.2) is 37.5 Å². The number of nitrogens with zero attached hydrogens (tertiary/aromatic N) is 1. The SMILES string of the molecule is CNCC1CCN(C(=O)C2C(C)(C)C2(C)C)CC1. The number of carbonyl (C=O) groups is 1. The van der Waals surface area contributed by atoms with Crippen LogP contribution in [0.15, 0.2) is 0 Å². The van der Waals surface area contributed by atoms with Crippen LogP contribution in [0.4, 0.5) is 0 Å². The first-order valence-electron chi connectivity index (χ1n) is 7.25. The molecule has 0 spiro atoms. The number of likely N-dealkylation sites (tertiary alicyclic amines) is 1. The Kier molecular flexibility index (Phi) is 3.48. The van der Waals surface area contributed by atoms with E-state index in [0.29, 0.717) is 5.91 Å². The van der Waals surface area contributed by atoms with Gasteiger partial charge in [-0.3, -0.25) is 4.79 Å². The summed E-state index contributed by atoms with van der Waals surface area (Å²) in [5.74, 6) is 1.37. The molecule has 3 heteroatoms. The first-order valence-corrected chi connectivity index (χ1v) is 7.25. The van der Waals surface area contributed by atoms with Crippen molar-refractivity contribution in [2.24, 2.45) is 22.7 Å². The molecule has 0 unspecified atom stereocenters. The van der Waals surface area contributed by atoms with Crippen LogP contribution in [0.25, 0.3) is 0 Å². The Morgan fingerprint density at radius 3 is 2.06 bits per heavy atom. The lowest BCUT2D eigenvalue weighted by molar-refractivity contribution is -0.135. The van der Waals surface area contributed by atoms with Crippen LogP contribution >= 0.6 is 0 Å². The summed E-state index contributed by atoms with van der Waals surface area (Å²) in [5, 5.41) is 3.24. The Hall–Kier alpha value is -0.570. The highest BCUT2D eigenvalue weighted by Crippen LogP contribution is 2.68. The molecule has 1 aliphatic carbocycles. The third kappa shape index (κ3) is 2.07. The van der Waals surface area contributed by atoms with Gasteiger partial charge in [-0.15, -0.1) is 0 Å². The van der Waals surface area contributed by atoms with Crippen LogP contribution in [0.3, 0.4) is 0 Å². The highest BCUT2D eigenvalue weighted by molar-refractivity contribution is 5.84. The molecule has 0 bridgehead atoms. The van der Waals surface area contributed by atoms with Crippen LogP contribution in [0, 0.1) is 22.7 Å². The maximum atomic E-state index is 12.6. The summed E-state index contributed by atoms with van der Waals surface area (Å²) in [7, 11) is 2.01. The second-order valence-corrected chi connectivity index (χ2v) is 7.20. The minimum absolute atomic E-state index is 0.173. The molecule has 2 rings (SSSR count). The van der Waals surface area contributed by atoms with Crippen molar-refractivity contribution in [3.63, 3.8) is 0 Å². The van der Waals surface area contributed by atoms with E-state index in [1.807, 2.05) is 7.05 Å². The number of nitrogens with one attached hydrogen (secondary N) is 1. The molecule has 1 N–H and O–H groups in total. The van der Waals surface area contributed by atoms with Gasteiger partial charge in [0.05, 0.1) is 0 Å². The van der Waals surface area contributed by atoms with Gasteiger partial charge in [-0.2, -0.15) is 0 Å². The maximum Gasteiger partial charge on any atom is 0.226 e. The second-order valence-electron chi connectivity index (χ2n) is 7.20. The minimum atomic E-state index is 0.173. The summed E-state index contributed by atoms with van der Waals surface area (Å²) < 4.78 is 0. The van der Waals surface area contributed by atoms with E-state index in [0.717, 1.165) is 38.4 Å². The molecule has 18 heavy (non-hydrogen) atoms. The third-order valence-electron chi connectivity index (χ3n) is 5.69. The Bertz CT molecular complexity index is 313. The molecule has 0 radical (unpaired) electrons. The van der Waals surface area contributed by atoms with E-state index < -0.39 is 0 Å².